The fourth-order valence-corrected chi connectivity index (χ4v) is 1.99. The van der Waals surface area contributed by atoms with Crippen molar-refractivity contribution in [1.82, 2.24) is 4.98 Å². The highest BCUT2D eigenvalue weighted by Gasteiger charge is 2.11. The minimum Gasteiger partial charge on any atom is -0.506 e. The Balaban J connectivity index is 2.27. The first-order valence-corrected chi connectivity index (χ1v) is 6.17. The zero-order valence-corrected chi connectivity index (χ0v) is 11.5. The molecule has 1 heterocycles. The number of anilines is 1. The van der Waals surface area contributed by atoms with Gasteiger partial charge in [0, 0.05) is 11.9 Å². The van der Waals surface area contributed by atoms with Crippen LogP contribution in [0.25, 0.3) is 0 Å². The average molecular weight is 325 g/mol. The molecule has 1 aromatic carbocycles. The molecule has 6 heteroatoms. The summed E-state index contributed by atoms with van der Waals surface area (Å²) in [6.45, 7) is 1.75. The third-order valence-electron chi connectivity index (χ3n) is 2.50. The Morgan fingerprint density at radius 3 is 2.79 bits per heavy atom. The highest BCUT2D eigenvalue weighted by atomic mass is 79.9. The summed E-state index contributed by atoms with van der Waals surface area (Å²) in [6.07, 6.45) is 2.54. The lowest BCUT2D eigenvalue weighted by Crippen LogP contribution is -2.13. The Labute approximate surface area is 117 Å². The van der Waals surface area contributed by atoms with Crippen LogP contribution in [0.1, 0.15) is 15.9 Å². The van der Waals surface area contributed by atoms with Gasteiger partial charge in [-0.15, -0.1) is 0 Å². The van der Waals surface area contributed by atoms with Gasteiger partial charge in [-0.3, -0.25) is 9.78 Å². The summed E-state index contributed by atoms with van der Waals surface area (Å²) in [6, 6.07) is 4.09. The minimum absolute atomic E-state index is 0.105. The number of aromatic nitrogens is 1. The summed E-state index contributed by atoms with van der Waals surface area (Å²) in [4.78, 5) is 15.6. The van der Waals surface area contributed by atoms with Gasteiger partial charge in [0.1, 0.15) is 11.6 Å². The van der Waals surface area contributed by atoms with E-state index in [-0.39, 0.29) is 11.3 Å². The number of rotatable bonds is 2. The molecule has 0 bridgehead atoms. The van der Waals surface area contributed by atoms with Crippen LogP contribution in [0.5, 0.6) is 5.75 Å². The number of amides is 1. The number of carbonyl (C=O) groups is 1. The van der Waals surface area contributed by atoms with Gasteiger partial charge in [0.05, 0.1) is 16.2 Å². The zero-order chi connectivity index (χ0) is 14.0. The first kappa shape index (κ1) is 13.5. The number of aryl methyl sites for hydroxylation is 1. The molecule has 4 nitrogen and oxygen atoms in total. The van der Waals surface area contributed by atoms with E-state index in [1.54, 1.807) is 13.0 Å². The number of hydrogen-bond donors (Lipinski definition) is 2. The monoisotopic (exact) mass is 324 g/mol. The SMILES string of the molecule is Cc1cc(Br)c(F)cc1NC(=O)c1cncc(O)c1. The van der Waals surface area contributed by atoms with Gasteiger partial charge in [-0.1, -0.05) is 0 Å². The van der Waals surface area contributed by atoms with Crippen LogP contribution >= 0.6 is 15.9 Å². The quantitative estimate of drug-likeness (QED) is 0.891. The molecule has 0 aliphatic heterocycles. The van der Waals surface area contributed by atoms with E-state index in [1.807, 2.05) is 0 Å². The number of carbonyl (C=O) groups excluding carboxylic acids is 1. The van der Waals surface area contributed by atoms with Crippen LogP contribution in [0, 0.1) is 12.7 Å². The van der Waals surface area contributed by atoms with Crippen LogP contribution in [0.3, 0.4) is 0 Å². The van der Waals surface area contributed by atoms with E-state index in [0.717, 1.165) is 5.56 Å². The Morgan fingerprint density at radius 2 is 2.11 bits per heavy atom. The highest BCUT2D eigenvalue weighted by Crippen LogP contribution is 2.24. The number of pyridine rings is 1. The van der Waals surface area contributed by atoms with Crippen LogP contribution in [-0.2, 0) is 0 Å². The van der Waals surface area contributed by atoms with Crippen LogP contribution in [0.4, 0.5) is 10.1 Å². The molecular weight excluding hydrogens is 315 g/mol. The molecule has 0 atom stereocenters. The van der Waals surface area contributed by atoms with Crippen molar-refractivity contribution in [1.29, 1.82) is 0 Å². The fourth-order valence-electron chi connectivity index (χ4n) is 1.53. The normalized spacial score (nSPS) is 10.3. The largest absolute Gasteiger partial charge is 0.506 e. The van der Waals surface area contributed by atoms with Crippen molar-refractivity contribution in [2.24, 2.45) is 0 Å². The average Bonchev–Trinajstić information content (AvgIpc) is 2.36. The van der Waals surface area contributed by atoms with Gasteiger partial charge in [0.15, 0.2) is 0 Å². The summed E-state index contributed by atoms with van der Waals surface area (Å²) in [5.41, 5.74) is 1.28. The first-order valence-electron chi connectivity index (χ1n) is 5.38. The maximum atomic E-state index is 13.4. The van der Waals surface area contributed by atoms with E-state index in [0.29, 0.717) is 10.2 Å². The fraction of sp³-hybridized carbons (Fsp3) is 0.0769. The molecule has 0 unspecified atom stereocenters. The molecule has 0 aliphatic carbocycles. The van der Waals surface area contributed by atoms with Crippen LogP contribution in [0.15, 0.2) is 35.1 Å². The van der Waals surface area contributed by atoms with Gasteiger partial charge in [0.25, 0.3) is 5.91 Å². The lowest BCUT2D eigenvalue weighted by atomic mass is 10.2. The minimum atomic E-state index is -0.465. The number of benzene rings is 1. The third kappa shape index (κ3) is 3.08. The highest BCUT2D eigenvalue weighted by molar-refractivity contribution is 9.10. The second kappa shape index (κ2) is 5.36. The molecule has 98 valence electrons. The molecule has 1 aromatic heterocycles. The summed E-state index contributed by atoms with van der Waals surface area (Å²) in [5.74, 6) is -1.03. The number of aromatic hydroxyl groups is 1. The van der Waals surface area contributed by atoms with Crippen molar-refractivity contribution < 1.29 is 14.3 Å². The molecule has 19 heavy (non-hydrogen) atoms. The molecule has 0 radical (unpaired) electrons. The molecule has 1 amide bonds. The van der Waals surface area contributed by atoms with Gasteiger partial charge < -0.3 is 10.4 Å². The second-order valence-electron chi connectivity index (χ2n) is 3.97. The first-order chi connectivity index (χ1) is 8.97. The van der Waals surface area contributed by atoms with Gasteiger partial charge in [-0.05, 0) is 46.6 Å². The zero-order valence-electron chi connectivity index (χ0n) is 9.95. The van der Waals surface area contributed by atoms with Gasteiger partial charge in [-0.25, -0.2) is 4.39 Å². The lowest BCUT2D eigenvalue weighted by Gasteiger charge is -2.09. The predicted molar refractivity (Wildman–Crippen MR) is 72.7 cm³/mol. The van der Waals surface area contributed by atoms with Crippen molar-refractivity contribution in [3.63, 3.8) is 0 Å². The number of hydrogen-bond acceptors (Lipinski definition) is 3. The summed E-state index contributed by atoms with van der Waals surface area (Å²) < 4.78 is 13.8. The molecule has 0 fully saturated rings. The standard InChI is InChI=1S/C13H10BrFN2O2/c1-7-2-10(14)11(15)4-12(7)17-13(19)8-3-9(18)6-16-5-8/h2-6,18H,1H3,(H,17,19). The molecular formula is C13H10BrFN2O2. The Hall–Kier alpha value is -1.95. The van der Waals surface area contributed by atoms with Crippen LogP contribution in [0.2, 0.25) is 0 Å². The van der Waals surface area contributed by atoms with Crippen molar-refractivity contribution in [3.05, 3.63) is 52.0 Å². The topological polar surface area (TPSA) is 62.2 Å². The summed E-state index contributed by atoms with van der Waals surface area (Å²) >= 11 is 3.07. The summed E-state index contributed by atoms with van der Waals surface area (Å²) in [7, 11) is 0. The van der Waals surface area contributed by atoms with E-state index in [1.165, 1.54) is 24.5 Å². The van der Waals surface area contributed by atoms with Crippen molar-refractivity contribution in [3.8, 4) is 5.75 Å². The Kier molecular flexibility index (Phi) is 3.80. The predicted octanol–water partition coefficient (Wildman–Crippen LogP) is 3.25. The number of halogens is 2. The maximum absolute atomic E-state index is 13.4. The second-order valence-corrected chi connectivity index (χ2v) is 4.82. The molecule has 2 aromatic rings. The van der Waals surface area contributed by atoms with Crippen molar-refractivity contribution >= 4 is 27.5 Å². The van der Waals surface area contributed by atoms with Crippen molar-refractivity contribution in [2.45, 2.75) is 6.92 Å². The van der Waals surface area contributed by atoms with E-state index in [4.69, 9.17) is 0 Å². The Morgan fingerprint density at radius 1 is 1.37 bits per heavy atom. The van der Waals surface area contributed by atoms with Crippen LogP contribution < -0.4 is 5.32 Å². The molecule has 0 aliphatic rings. The molecule has 0 spiro atoms. The maximum Gasteiger partial charge on any atom is 0.257 e. The van der Waals surface area contributed by atoms with Gasteiger partial charge in [0.2, 0.25) is 0 Å². The van der Waals surface area contributed by atoms with E-state index < -0.39 is 11.7 Å². The Bertz CT molecular complexity index is 647. The smallest absolute Gasteiger partial charge is 0.257 e. The molecule has 2 rings (SSSR count). The lowest BCUT2D eigenvalue weighted by molar-refractivity contribution is 0.102. The molecule has 0 saturated heterocycles. The van der Waals surface area contributed by atoms with E-state index in [2.05, 4.69) is 26.2 Å². The molecule has 0 saturated carbocycles. The van der Waals surface area contributed by atoms with Gasteiger partial charge >= 0.3 is 0 Å². The van der Waals surface area contributed by atoms with E-state index in [9.17, 15) is 14.3 Å². The van der Waals surface area contributed by atoms with Gasteiger partial charge in [-0.2, -0.15) is 0 Å². The van der Waals surface area contributed by atoms with Crippen LogP contribution in [-0.4, -0.2) is 16.0 Å². The number of nitrogens with zero attached hydrogens (tertiary/aromatic N) is 1. The third-order valence-corrected chi connectivity index (χ3v) is 3.11. The summed E-state index contributed by atoms with van der Waals surface area (Å²) in [5, 5.41) is 11.8. The van der Waals surface area contributed by atoms with E-state index >= 15 is 0 Å². The number of nitrogens with one attached hydrogen (secondary N) is 1. The molecule has 2 N–H and O–H groups in total. The van der Waals surface area contributed by atoms with Crippen molar-refractivity contribution in [2.75, 3.05) is 5.32 Å².